The number of rotatable bonds is 4. The molecule has 2 aromatic heterocycles. The maximum Gasteiger partial charge on any atom is 0.204 e. The Kier molecular flexibility index (Phi) is 3.39. The van der Waals surface area contributed by atoms with Crippen molar-refractivity contribution in [3.05, 3.63) is 41.7 Å². The highest BCUT2D eigenvalue weighted by atomic mass is 15.5. The summed E-state index contributed by atoms with van der Waals surface area (Å²) < 4.78 is 1.83. The first kappa shape index (κ1) is 13.3. The zero-order chi connectivity index (χ0) is 14.8. The summed E-state index contributed by atoms with van der Waals surface area (Å²) in [6.45, 7) is 4.13. The summed E-state index contributed by atoms with van der Waals surface area (Å²) in [5.41, 5.74) is 4.14. The van der Waals surface area contributed by atoms with E-state index in [4.69, 9.17) is 0 Å². The maximum atomic E-state index is 4.38. The van der Waals surface area contributed by atoms with Crippen LogP contribution >= 0.6 is 0 Å². The first-order chi connectivity index (χ1) is 10.1. The molecule has 0 aliphatic carbocycles. The third-order valence-corrected chi connectivity index (χ3v) is 3.37. The topological polar surface area (TPSA) is 84.3 Å². The Morgan fingerprint density at radius 1 is 1.33 bits per heavy atom. The van der Waals surface area contributed by atoms with Crippen LogP contribution in [0, 0.1) is 6.92 Å². The number of hydrogen-bond donors (Lipinski definition) is 2. The molecule has 1 aromatic carbocycles. The van der Waals surface area contributed by atoms with Gasteiger partial charge in [-0.15, -0.1) is 10.2 Å². The number of nitrogens with one attached hydrogen (secondary N) is 2. The normalized spacial score (nSPS) is 12.3. The van der Waals surface area contributed by atoms with Crippen molar-refractivity contribution in [1.82, 2.24) is 30.4 Å². The second kappa shape index (κ2) is 5.35. The second-order valence-corrected chi connectivity index (χ2v) is 5.03. The molecular formula is C14H17N7. The molecular weight excluding hydrogens is 266 g/mol. The summed E-state index contributed by atoms with van der Waals surface area (Å²) in [5, 5.41) is 21.9. The Balaban J connectivity index is 1.82. The molecule has 0 aliphatic rings. The lowest BCUT2D eigenvalue weighted by Crippen LogP contribution is -2.07. The van der Waals surface area contributed by atoms with Crippen molar-refractivity contribution in [1.29, 1.82) is 0 Å². The molecule has 0 radical (unpaired) electrons. The third kappa shape index (κ3) is 2.76. The van der Waals surface area contributed by atoms with E-state index in [1.807, 2.05) is 49.1 Å². The van der Waals surface area contributed by atoms with Gasteiger partial charge in [-0.3, -0.25) is 4.68 Å². The van der Waals surface area contributed by atoms with Gasteiger partial charge in [0.1, 0.15) is 0 Å². The van der Waals surface area contributed by atoms with Gasteiger partial charge in [-0.2, -0.15) is 10.3 Å². The molecule has 0 amide bonds. The van der Waals surface area contributed by atoms with Gasteiger partial charge in [0, 0.05) is 30.1 Å². The van der Waals surface area contributed by atoms with E-state index in [-0.39, 0.29) is 6.04 Å². The summed E-state index contributed by atoms with van der Waals surface area (Å²) in [5.74, 6) is 0.587. The van der Waals surface area contributed by atoms with Crippen LogP contribution in [0.15, 0.2) is 30.5 Å². The highest BCUT2D eigenvalue weighted by molar-refractivity contribution is 5.62. The second-order valence-electron chi connectivity index (χ2n) is 5.03. The van der Waals surface area contributed by atoms with Crippen molar-refractivity contribution < 1.29 is 0 Å². The molecule has 1 unspecified atom stereocenters. The number of nitrogens with zero attached hydrogens (tertiary/aromatic N) is 5. The summed E-state index contributed by atoms with van der Waals surface area (Å²) >= 11 is 0. The molecule has 0 saturated heterocycles. The Hall–Kier alpha value is -2.70. The molecule has 21 heavy (non-hydrogen) atoms. The average molecular weight is 283 g/mol. The van der Waals surface area contributed by atoms with E-state index < -0.39 is 0 Å². The molecule has 3 aromatic rings. The Bertz CT molecular complexity index is 730. The largest absolute Gasteiger partial charge is 0.378 e. The Morgan fingerprint density at radius 3 is 2.86 bits per heavy atom. The molecule has 0 spiro atoms. The van der Waals surface area contributed by atoms with Crippen LogP contribution in [0.4, 0.5) is 5.69 Å². The van der Waals surface area contributed by atoms with Gasteiger partial charge >= 0.3 is 0 Å². The van der Waals surface area contributed by atoms with Gasteiger partial charge in [0.25, 0.3) is 0 Å². The molecule has 7 nitrogen and oxygen atoms in total. The van der Waals surface area contributed by atoms with Gasteiger partial charge in [-0.1, -0.05) is 12.1 Å². The Morgan fingerprint density at radius 2 is 2.19 bits per heavy atom. The predicted octanol–water partition coefficient (Wildman–Crippen LogP) is 2.08. The van der Waals surface area contributed by atoms with E-state index in [0.717, 1.165) is 16.9 Å². The molecule has 1 atom stereocenters. The molecule has 7 heteroatoms. The van der Waals surface area contributed by atoms with Crippen molar-refractivity contribution in [2.75, 3.05) is 5.32 Å². The van der Waals surface area contributed by atoms with E-state index in [1.165, 1.54) is 5.56 Å². The van der Waals surface area contributed by atoms with Crippen molar-refractivity contribution in [3.63, 3.8) is 0 Å². The van der Waals surface area contributed by atoms with Crippen LogP contribution in [0.2, 0.25) is 0 Å². The van der Waals surface area contributed by atoms with E-state index in [0.29, 0.717) is 5.82 Å². The highest BCUT2D eigenvalue weighted by Gasteiger charge is 2.12. The lowest BCUT2D eigenvalue weighted by atomic mass is 10.1. The SMILES string of the molecule is Cc1nn(C)cc1C(C)Nc1cccc(-c2nn[nH]n2)c1. The van der Waals surface area contributed by atoms with Gasteiger partial charge < -0.3 is 5.32 Å². The van der Waals surface area contributed by atoms with Crippen LogP contribution in [0.3, 0.4) is 0 Å². The molecule has 2 heterocycles. The van der Waals surface area contributed by atoms with Gasteiger partial charge in [0.05, 0.1) is 11.7 Å². The number of aryl methyl sites for hydroxylation is 2. The van der Waals surface area contributed by atoms with Crippen LogP contribution in [0.1, 0.15) is 24.2 Å². The third-order valence-electron chi connectivity index (χ3n) is 3.37. The van der Waals surface area contributed by atoms with Crippen LogP contribution < -0.4 is 5.32 Å². The lowest BCUT2D eigenvalue weighted by molar-refractivity contribution is 0.756. The zero-order valence-corrected chi connectivity index (χ0v) is 12.2. The van der Waals surface area contributed by atoms with Gasteiger partial charge in [-0.25, -0.2) is 0 Å². The number of aromatic amines is 1. The number of benzene rings is 1. The molecule has 0 aliphatic heterocycles. The van der Waals surface area contributed by atoms with E-state index in [9.17, 15) is 0 Å². The molecule has 3 rings (SSSR count). The number of H-pyrrole nitrogens is 1. The van der Waals surface area contributed by atoms with Gasteiger partial charge in [0.2, 0.25) is 5.82 Å². The zero-order valence-electron chi connectivity index (χ0n) is 12.2. The number of anilines is 1. The minimum Gasteiger partial charge on any atom is -0.378 e. The summed E-state index contributed by atoms with van der Waals surface area (Å²) in [6.07, 6.45) is 2.04. The molecule has 0 fully saturated rings. The van der Waals surface area contributed by atoms with Crippen LogP contribution in [0.25, 0.3) is 11.4 Å². The van der Waals surface area contributed by atoms with E-state index >= 15 is 0 Å². The quantitative estimate of drug-likeness (QED) is 0.766. The fourth-order valence-electron chi connectivity index (χ4n) is 2.40. The van der Waals surface area contributed by atoms with Gasteiger partial charge in [0.15, 0.2) is 0 Å². The van der Waals surface area contributed by atoms with E-state index in [2.05, 4.69) is 38.0 Å². The molecule has 0 bridgehead atoms. The fourth-order valence-corrected chi connectivity index (χ4v) is 2.40. The average Bonchev–Trinajstić information content (AvgIpc) is 3.08. The first-order valence-corrected chi connectivity index (χ1v) is 6.74. The van der Waals surface area contributed by atoms with E-state index in [1.54, 1.807) is 0 Å². The van der Waals surface area contributed by atoms with Crippen LogP contribution in [0.5, 0.6) is 0 Å². The monoisotopic (exact) mass is 283 g/mol. The minimum absolute atomic E-state index is 0.166. The number of hydrogen-bond acceptors (Lipinski definition) is 5. The van der Waals surface area contributed by atoms with Crippen molar-refractivity contribution in [3.8, 4) is 11.4 Å². The summed E-state index contributed by atoms with van der Waals surface area (Å²) in [7, 11) is 1.93. The Labute approximate surface area is 122 Å². The molecule has 2 N–H and O–H groups in total. The maximum absolute atomic E-state index is 4.38. The van der Waals surface area contributed by atoms with Crippen molar-refractivity contribution >= 4 is 5.69 Å². The standard InChI is InChI=1S/C14H17N7/c1-9(13-8-21(3)18-10(13)2)15-12-6-4-5-11(7-12)14-16-19-20-17-14/h4-9,15H,1-3H3,(H,16,17,19,20). The summed E-state index contributed by atoms with van der Waals surface area (Å²) in [6, 6.07) is 8.12. The molecule has 108 valence electrons. The fraction of sp³-hybridized carbons (Fsp3) is 0.286. The van der Waals surface area contributed by atoms with Crippen LogP contribution in [-0.4, -0.2) is 30.4 Å². The van der Waals surface area contributed by atoms with Crippen LogP contribution in [-0.2, 0) is 7.05 Å². The predicted molar refractivity (Wildman–Crippen MR) is 79.6 cm³/mol. The first-order valence-electron chi connectivity index (χ1n) is 6.74. The van der Waals surface area contributed by atoms with Crippen molar-refractivity contribution in [2.45, 2.75) is 19.9 Å². The number of aromatic nitrogens is 6. The highest BCUT2D eigenvalue weighted by Crippen LogP contribution is 2.24. The summed E-state index contributed by atoms with van der Waals surface area (Å²) in [4.78, 5) is 0. The van der Waals surface area contributed by atoms with Crippen molar-refractivity contribution in [2.24, 2.45) is 7.05 Å². The number of tetrazole rings is 1. The smallest absolute Gasteiger partial charge is 0.204 e. The minimum atomic E-state index is 0.166. The van der Waals surface area contributed by atoms with Gasteiger partial charge in [-0.05, 0) is 31.2 Å². The molecule has 0 saturated carbocycles. The lowest BCUT2D eigenvalue weighted by Gasteiger charge is -2.15.